The molecule has 2 rings (SSSR count). The third-order valence-electron chi connectivity index (χ3n) is 2.81. The monoisotopic (exact) mass is 231 g/mol. The summed E-state index contributed by atoms with van der Waals surface area (Å²) in [5.41, 5.74) is -1.59. The summed E-state index contributed by atoms with van der Waals surface area (Å²) in [6.45, 7) is 0. The Morgan fingerprint density at radius 3 is 2.12 bits per heavy atom. The maximum absolute atomic E-state index is 11.2. The smallest absolute Gasteiger partial charge is 0.171 e. The Kier molecular flexibility index (Phi) is 5.39. The van der Waals surface area contributed by atoms with Crippen molar-refractivity contribution in [3.63, 3.8) is 0 Å². The molecular formula is C13H18BNO2. The van der Waals surface area contributed by atoms with Gasteiger partial charge in [-0.25, -0.2) is 0 Å². The first-order chi connectivity index (χ1) is 8.08. The van der Waals surface area contributed by atoms with Crippen molar-refractivity contribution < 1.29 is 9.90 Å². The van der Waals surface area contributed by atoms with E-state index in [9.17, 15) is 9.90 Å². The van der Waals surface area contributed by atoms with Gasteiger partial charge < -0.3 is 10.4 Å². The number of rotatable bonds is 1. The second-order valence-electron chi connectivity index (χ2n) is 4.18. The average Bonchev–Trinajstić information content (AvgIpc) is 2.36. The Morgan fingerprint density at radius 1 is 1.29 bits per heavy atom. The molecule has 1 aromatic carbocycles. The first-order valence-corrected chi connectivity index (χ1v) is 5.81. The van der Waals surface area contributed by atoms with Crippen LogP contribution in [0.1, 0.15) is 19.3 Å². The van der Waals surface area contributed by atoms with Gasteiger partial charge in [0.1, 0.15) is 7.85 Å². The molecule has 0 saturated heterocycles. The summed E-state index contributed by atoms with van der Waals surface area (Å²) in [6, 6.07) is 11.7. The van der Waals surface area contributed by atoms with Crippen LogP contribution in [-0.4, -0.2) is 37.3 Å². The molecule has 2 radical (unpaired) electrons. The van der Waals surface area contributed by atoms with Gasteiger partial charge in [-0.05, 0) is 26.3 Å². The quantitative estimate of drug-likeness (QED) is 0.705. The molecule has 0 spiro atoms. The van der Waals surface area contributed by atoms with Gasteiger partial charge in [0, 0.05) is 0 Å². The number of aliphatic hydroxyl groups is 1. The Morgan fingerprint density at radius 2 is 1.76 bits per heavy atom. The van der Waals surface area contributed by atoms with Gasteiger partial charge in [-0.2, -0.15) is 0 Å². The molecule has 1 saturated carbocycles. The topological polar surface area (TPSA) is 49.3 Å². The van der Waals surface area contributed by atoms with Gasteiger partial charge in [-0.3, -0.25) is 4.79 Å². The molecule has 2 unspecified atom stereocenters. The van der Waals surface area contributed by atoms with E-state index in [2.05, 4.69) is 5.32 Å². The third kappa shape index (κ3) is 4.33. The highest BCUT2D eigenvalue weighted by Crippen LogP contribution is 2.21. The van der Waals surface area contributed by atoms with E-state index in [1.807, 2.05) is 36.4 Å². The highest BCUT2D eigenvalue weighted by Gasteiger charge is 2.37. The van der Waals surface area contributed by atoms with Crippen LogP contribution in [-0.2, 0) is 4.79 Å². The summed E-state index contributed by atoms with van der Waals surface area (Å²) in [7, 11) is 7.05. The maximum atomic E-state index is 11.2. The van der Waals surface area contributed by atoms with Gasteiger partial charge in [0.25, 0.3) is 0 Å². The normalized spacial score (nSPS) is 28.1. The number of ketones is 1. The Hall–Kier alpha value is -1.13. The fourth-order valence-electron chi connectivity index (χ4n) is 1.79. The summed E-state index contributed by atoms with van der Waals surface area (Å²) in [5.74, 6) is -0.286. The molecule has 90 valence electrons. The van der Waals surface area contributed by atoms with E-state index < -0.39 is 5.50 Å². The lowest BCUT2D eigenvalue weighted by Crippen LogP contribution is -2.53. The van der Waals surface area contributed by atoms with E-state index >= 15 is 0 Å². The average molecular weight is 231 g/mol. The number of Topliss-reactive ketones (excluding diaryl/α,β-unsaturated/α-hetero) is 1. The van der Waals surface area contributed by atoms with Crippen LogP contribution >= 0.6 is 0 Å². The molecule has 0 bridgehead atoms. The number of carbonyl (C=O) groups is 1. The Bertz CT molecular complexity index is 314. The lowest BCUT2D eigenvalue weighted by Gasteiger charge is -2.32. The van der Waals surface area contributed by atoms with Crippen molar-refractivity contribution in [3.05, 3.63) is 36.4 Å². The minimum absolute atomic E-state index is 0.265. The molecule has 0 aromatic heterocycles. The van der Waals surface area contributed by atoms with Crippen molar-refractivity contribution in [2.24, 2.45) is 0 Å². The zero-order chi connectivity index (χ0) is 12.7. The van der Waals surface area contributed by atoms with Gasteiger partial charge in [0.05, 0.1) is 11.5 Å². The molecule has 1 fully saturated rings. The Balaban J connectivity index is 0.000000202. The lowest BCUT2D eigenvalue weighted by molar-refractivity contribution is -0.135. The molecule has 1 aliphatic rings. The highest BCUT2D eigenvalue weighted by molar-refractivity contribution is 6.28. The van der Waals surface area contributed by atoms with Gasteiger partial charge in [0.2, 0.25) is 0 Å². The predicted molar refractivity (Wildman–Crippen MR) is 68.9 cm³/mol. The number of benzene rings is 1. The van der Waals surface area contributed by atoms with Crippen molar-refractivity contribution in [1.29, 1.82) is 0 Å². The molecule has 3 nitrogen and oxygen atoms in total. The van der Waals surface area contributed by atoms with E-state index in [0.29, 0.717) is 6.42 Å². The molecule has 17 heavy (non-hydrogen) atoms. The molecule has 1 aliphatic carbocycles. The zero-order valence-corrected chi connectivity index (χ0v) is 10.1. The number of nitrogens with one attached hydrogen (secondary N) is 1. The standard InChI is InChI=1S/C7H12BNO2.C6H6/c1-9-5-3-2-4-7(8,11)6(5)10;1-2-4-6-5-3-1/h5,9,11H,2-4H2,1H3;1-6H. The van der Waals surface area contributed by atoms with E-state index in [-0.39, 0.29) is 11.8 Å². The van der Waals surface area contributed by atoms with Gasteiger partial charge in [0.15, 0.2) is 5.78 Å². The van der Waals surface area contributed by atoms with Crippen molar-refractivity contribution in [3.8, 4) is 0 Å². The van der Waals surface area contributed by atoms with Crippen LogP contribution in [0.2, 0.25) is 0 Å². The van der Waals surface area contributed by atoms with E-state index in [1.165, 1.54) is 0 Å². The predicted octanol–water partition coefficient (Wildman–Crippen LogP) is 0.871. The van der Waals surface area contributed by atoms with Crippen LogP contribution in [0.5, 0.6) is 0 Å². The minimum atomic E-state index is -1.59. The van der Waals surface area contributed by atoms with Gasteiger partial charge in [-0.1, -0.05) is 36.4 Å². The number of hydrogen-bond donors (Lipinski definition) is 2. The molecule has 4 heteroatoms. The van der Waals surface area contributed by atoms with Crippen LogP contribution in [0.25, 0.3) is 0 Å². The van der Waals surface area contributed by atoms with E-state index in [4.69, 9.17) is 7.85 Å². The molecular weight excluding hydrogens is 213 g/mol. The first-order valence-electron chi connectivity index (χ1n) is 5.81. The summed E-state index contributed by atoms with van der Waals surface area (Å²) in [5, 5.41) is 12.2. The summed E-state index contributed by atoms with van der Waals surface area (Å²) < 4.78 is 0. The van der Waals surface area contributed by atoms with E-state index in [1.54, 1.807) is 7.05 Å². The fraction of sp³-hybridized carbons (Fsp3) is 0.462. The van der Waals surface area contributed by atoms with Gasteiger partial charge in [-0.15, -0.1) is 0 Å². The van der Waals surface area contributed by atoms with Crippen LogP contribution in [0.3, 0.4) is 0 Å². The molecule has 0 aliphatic heterocycles. The largest absolute Gasteiger partial charge is 0.392 e. The van der Waals surface area contributed by atoms with Crippen molar-refractivity contribution in [2.75, 3.05) is 7.05 Å². The number of likely N-dealkylation sites (N-methyl/N-ethyl adjacent to an activating group) is 1. The molecule has 2 N–H and O–H groups in total. The molecule has 1 aromatic rings. The SMILES string of the molecule is [B]C1(O)CCCC(NC)C1=O.c1ccccc1. The van der Waals surface area contributed by atoms with E-state index in [0.717, 1.165) is 12.8 Å². The first kappa shape index (κ1) is 13.9. The minimum Gasteiger partial charge on any atom is -0.392 e. The van der Waals surface area contributed by atoms with Crippen LogP contribution in [0, 0.1) is 0 Å². The zero-order valence-electron chi connectivity index (χ0n) is 10.1. The summed E-state index contributed by atoms with van der Waals surface area (Å²) in [4.78, 5) is 11.2. The second-order valence-corrected chi connectivity index (χ2v) is 4.18. The molecule has 0 heterocycles. The third-order valence-corrected chi connectivity index (χ3v) is 2.81. The summed E-state index contributed by atoms with van der Waals surface area (Å²) >= 11 is 0. The maximum Gasteiger partial charge on any atom is 0.171 e. The number of carbonyl (C=O) groups excluding carboxylic acids is 1. The number of hydrogen-bond acceptors (Lipinski definition) is 3. The summed E-state index contributed by atoms with van der Waals surface area (Å²) in [6.07, 6.45) is 1.95. The van der Waals surface area contributed by atoms with Crippen molar-refractivity contribution in [2.45, 2.75) is 30.8 Å². The highest BCUT2D eigenvalue weighted by atomic mass is 16.3. The van der Waals surface area contributed by atoms with Crippen molar-refractivity contribution in [1.82, 2.24) is 5.32 Å². The molecule has 0 amide bonds. The Labute approximate surface area is 104 Å². The van der Waals surface area contributed by atoms with Crippen LogP contribution < -0.4 is 5.32 Å². The second kappa shape index (κ2) is 6.57. The van der Waals surface area contributed by atoms with Crippen LogP contribution in [0.4, 0.5) is 0 Å². The lowest BCUT2D eigenvalue weighted by atomic mass is 9.68. The van der Waals surface area contributed by atoms with Crippen molar-refractivity contribution >= 4 is 13.6 Å². The van der Waals surface area contributed by atoms with Gasteiger partial charge >= 0.3 is 0 Å². The fourth-order valence-corrected chi connectivity index (χ4v) is 1.79. The molecule has 2 atom stereocenters. The van der Waals surface area contributed by atoms with Crippen LogP contribution in [0.15, 0.2) is 36.4 Å².